The van der Waals surface area contributed by atoms with Gasteiger partial charge in [0.25, 0.3) is 5.56 Å². The molecule has 0 spiro atoms. The highest BCUT2D eigenvalue weighted by Crippen LogP contribution is 1.99. The van der Waals surface area contributed by atoms with Gasteiger partial charge in [0, 0.05) is 32.7 Å². The molecule has 1 aromatic heterocycles. The number of H-pyrrole nitrogens is 1. The molecule has 0 saturated heterocycles. The maximum atomic E-state index is 11.2. The minimum Gasteiger partial charge on any atom is -0.385 e. The Morgan fingerprint density at radius 3 is 3.07 bits per heavy atom. The first kappa shape index (κ1) is 11.7. The molecule has 1 rings (SSSR count). The van der Waals surface area contributed by atoms with E-state index >= 15 is 0 Å². The van der Waals surface area contributed by atoms with Crippen molar-refractivity contribution in [2.45, 2.75) is 19.8 Å². The van der Waals surface area contributed by atoms with Crippen molar-refractivity contribution in [1.82, 2.24) is 9.97 Å². The summed E-state index contributed by atoms with van der Waals surface area (Å²) in [6.07, 6.45) is 1.62. The highest BCUT2D eigenvalue weighted by atomic mass is 16.5. The fourth-order valence-electron chi connectivity index (χ4n) is 1.20. The lowest BCUT2D eigenvalue weighted by Gasteiger charge is -2.05. The lowest BCUT2D eigenvalue weighted by molar-refractivity contribution is 0.197. The molecule has 2 N–H and O–H groups in total. The maximum Gasteiger partial charge on any atom is 0.252 e. The number of aromatic amines is 1. The molecule has 0 unspecified atom stereocenters. The molecule has 0 bridgehead atoms. The smallest absolute Gasteiger partial charge is 0.252 e. The number of ether oxygens (including phenoxy) is 1. The Bertz CT molecular complexity index is 349. The Balaban J connectivity index is 2.53. The number of methoxy groups -OCH3 is 1. The van der Waals surface area contributed by atoms with Gasteiger partial charge in [-0.15, -0.1) is 0 Å². The monoisotopic (exact) mass is 211 g/mol. The van der Waals surface area contributed by atoms with E-state index in [-0.39, 0.29) is 5.56 Å². The molecule has 0 atom stereocenters. The molecule has 5 nitrogen and oxygen atoms in total. The Kier molecular flexibility index (Phi) is 4.83. The SMILES string of the molecule is CCc1nc(NCCCOC)cc(=O)[nH]1. The summed E-state index contributed by atoms with van der Waals surface area (Å²) >= 11 is 0. The van der Waals surface area contributed by atoms with E-state index in [1.165, 1.54) is 6.07 Å². The lowest BCUT2D eigenvalue weighted by atomic mass is 10.4. The molecule has 1 aromatic rings. The first-order chi connectivity index (χ1) is 7.26. The summed E-state index contributed by atoms with van der Waals surface area (Å²) in [7, 11) is 1.67. The average molecular weight is 211 g/mol. The van der Waals surface area contributed by atoms with Crippen molar-refractivity contribution in [2.75, 3.05) is 25.6 Å². The minimum atomic E-state index is -0.115. The Hall–Kier alpha value is -1.36. The van der Waals surface area contributed by atoms with Crippen LogP contribution in [0.25, 0.3) is 0 Å². The molecule has 0 radical (unpaired) electrons. The lowest BCUT2D eigenvalue weighted by Crippen LogP contribution is -2.14. The molecule has 0 amide bonds. The number of nitrogens with one attached hydrogen (secondary N) is 2. The molecule has 0 aliphatic carbocycles. The summed E-state index contributed by atoms with van der Waals surface area (Å²) in [5.41, 5.74) is -0.115. The standard InChI is InChI=1S/C10H17N3O2/c1-3-8-12-9(7-10(14)13-8)11-5-4-6-15-2/h7H,3-6H2,1-2H3,(H2,11,12,13,14). The van der Waals surface area contributed by atoms with Crippen LogP contribution in [-0.4, -0.2) is 30.2 Å². The second-order valence-corrected chi connectivity index (χ2v) is 3.20. The average Bonchev–Trinajstić information content (AvgIpc) is 2.23. The molecule has 5 heteroatoms. The largest absolute Gasteiger partial charge is 0.385 e. The molecule has 0 aliphatic rings. The van der Waals surface area contributed by atoms with Gasteiger partial charge in [0.2, 0.25) is 0 Å². The third-order valence-electron chi connectivity index (χ3n) is 1.96. The molecule has 0 saturated carbocycles. The van der Waals surface area contributed by atoms with Crippen molar-refractivity contribution in [2.24, 2.45) is 0 Å². The summed E-state index contributed by atoms with van der Waals surface area (Å²) in [5, 5.41) is 3.08. The first-order valence-electron chi connectivity index (χ1n) is 5.09. The van der Waals surface area contributed by atoms with Crippen LogP contribution < -0.4 is 10.9 Å². The van der Waals surface area contributed by atoms with E-state index in [0.717, 1.165) is 19.4 Å². The fraction of sp³-hybridized carbons (Fsp3) is 0.600. The number of hydrogen-bond acceptors (Lipinski definition) is 4. The van der Waals surface area contributed by atoms with E-state index in [9.17, 15) is 4.79 Å². The van der Waals surface area contributed by atoms with E-state index in [1.807, 2.05) is 6.92 Å². The highest BCUT2D eigenvalue weighted by molar-refractivity contribution is 5.32. The van der Waals surface area contributed by atoms with Crippen LogP contribution in [0, 0.1) is 0 Å². The summed E-state index contributed by atoms with van der Waals surface area (Å²) in [4.78, 5) is 18.1. The molecule has 84 valence electrons. The zero-order chi connectivity index (χ0) is 11.1. The van der Waals surface area contributed by atoms with Crippen LogP contribution in [0.15, 0.2) is 10.9 Å². The second-order valence-electron chi connectivity index (χ2n) is 3.20. The summed E-state index contributed by atoms with van der Waals surface area (Å²) in [5.74, 6) is 1.34. The van der Waals surface area contributed by atoms with Gasteiger partial charge in [-0.25, -0.2) is 4.98 Å². The normalized spacial score (nSPS) is 10.3. The summed E-state index contributed by atoms with van der Waals surface area (Å²) in [6, 6.07) is 1.46. The van der Waals surface area contributed by atoms with E-state index in [1.54, 1.807) is 7.11 Å². The van der Waals surface area contributed by atoms with E-state index in [2.05, 4.69) is 15.3 Å². The van der Waals surface area contributed by atoms with Gasteiger partial charge < -0.3 is 15.0 Å². The Morgan fingerprint density at radius 2 is 2.40 bits per heavy atom. The van der Waals surface area contributed by atoms with Crippen molar-refractivity contribution >= 4 is 5.82 Å². The van der Waals surface area contributed by atoms with Crippen LogP contribution in [0.4, 0.5) is 5.82 Å². The molecule has 1 heterocycles. The number of aromatic nitrogens is 2. The van der Waals surface area contributed by atoms with Gasteiger partial charge >= 0.3 is 0 Å². The minimum absolute atomic E-state index is 0.115. The predicted molar refractivity (Wildman–Crippen MR) is 59.2 cm³/mol. The van der Waals surface area contributed by atoms with Crippen molar-refractivity contribution in [3.63, 3.8) is 0 Å². The van der Waals surface area contributed by atoms with Gasteiger partial charge in [0.15, 0.2) is 0 Å². The molecule has 0 fully saturated rings. The first-order valence-corrected chi connectivity index (χ1v) is 5.09. The van der Waals surface area contributed by atoms with Gasteiger partial charge in [0.05, 0.1) is 0 Å². The van der Waals surface area contributed by atoms with E-state index in [4.69, 9.17) is 4.74 Å². The Labute approximate surface area is 88.9 Å². The van der Waals surface area contributed by atoms with Crippen LogP contribution >= 0.6 is 0 Å². The van der Waals surface area contributed by atoms with Gasteiger partial charge in [-0.05, 0) is 6.42 Å². The van der Waals surface area contributed by atoms with Gasteiger partial charge in [-0.3, -0.25) is 4.79 Å². The molecular weight excluding hydrogens is 194 g/mol. The number of aryl methyl sites for hydroxylation is 1. The van der Waals surface area contributed by atoms with Crippen molar-refractivity contribution in [1.29, 1.82) is 0 Å². The van der Waals surface area contributed by atoms with Crippen LogP contribution in [0.2, 0.25) is 0 Å². The van der Waals surface area contributed by atoms with Crippen LogP contribution in [0.5, 0.6) is 0 Å². The van der Waals surface area contributed by atoms with E-state index in [0.29, 0.717) is 18.2 Å². The predicted octanol–water partition coefficient (Wildman–Crippen LogP) is 0.781. The molecular formula is C10H17N3O2. The summed E-state index contributed by atoms with van der Waals surface area (Å²) in [6.45, 7) is 3.41. The third kappa shape index (κ3) is 4.12. The molecule has 15 heavy (non-hydrogen) atoms. The highest BCUT2D eigenvalue weighted by Gasteiger charge is 1.98. The van der Waals surface area contributed by atoms with Gasteiger partial charge in [-0.2, -0.15) is 0 Å². The fourth-order valence-corrected chi connectivity index (χ4v) is 1.20. The molecule has 0 aromatic carbocycles. The van der Waals surface area contributed by atoms with Gasteiger partial charge in [0.1, 0.15) is 11.6 Å². The molecule has 0 aliphatic heterocycles. The zero-order valence-electron chi connectivity index (χ0n) is 9.17. The van der Waals surface area contributed by atoms with Crippen molar-refractivity contribution in [3.05, 3.63) is 22.2 Å². The van der Waals surface area contributed by atoms with Crippen LogP contribution in [0.1, 0.15) is 19.2 Å². The number of hydrogen-bond donors (Lipinski definition) is 2. The van der Waals surface area contributed by atoms with Gasteiger partial charge in [-0.1, -0.05) is 6.92 Å². The second kappa shape index (κ2) is 6.19. The van der Waals surface area contributed by atoms with E-state index < -0.39 is 0 Å². The van der Waals surface area contributed by atoms with Crippen molar-refractivity contribution in [3.8, 4) is 0 Å². The topological polar surface area (TPSA) is 67.0 Å². The van der Waals surface area contributed by atoms with Crippen LogP contribution in [-0.2, 0) is 11.2 Å². The van der Waals surface area contributed by atoms with Crippen LogP contribution in [0.3, 0.4) is 0 Å². The maximum absolute atomic E-state index is 11.2. The van der Waals surface area contributed by atoms with Crippen molar-refractivity contribution < 1.29 is 4.74 Å². The third-order valence-corrected chi connectivity index (χ3v) is 1.96. The quantitative estimate of drug-likeness (QED) is 0.682. The Morgan fingerprint density at radius 1 is 1.60 bits per heavy atom. The number of nitrogens with zero attached hydrogens (tertiary/aromatic N) is 1. The zero-order valence-corrected chi connectivity index (χ0v) is 9.17. The number of anilines is 1. The number of rotatable bonds is 6. The summed E-state index contributed by atoms with van der Waals surface area (Å²) < 4.78 is 4.92.